The molecule has 5 rings (SSSR count). The first kappa shape index (κ1) is 28.5. The number of rotatable bonds is 6. The average Bonchev–Trinajstić information content (AvgIpc) is 3.35. The fraction of sp³-hybridized carbons (Fsp3) is 0.150. The van der Waals surface area contributed by atoms with Gasteiger partial charge in [0, 0.05) is 12.5 Å². The lowest BCUT2D eigenvalue weighted by molar-refractivity contribution is -0.113. The maximum atomic E-state index is 13.3. The smallest absolute Gasteiger partial charge is 0.293 e. The van der Waals surface area contributed by atoms with Crippen LogP contribution in [0.15, 0.2) is 66.1 Å². The number of nitrogens with zero attached hydrogens (tertiary/aromatic N) is 3. The third kappa shape index (κ3) is 5.09. The maximum Gasteiger partial charge on any atom is 0.293 e. The number of thioether (sulfide) groups is 1. The number of anilines is 2. The first-order valence-corrected chi connectivity index (χ1v) is 19.1. The molecule has 1 amide bonds. The molecule has 3 heterocycles. The molecule has 0 aliphatic carbocycles. The van der Waals surface area contributed by atoms with Crippen molar-refractivity contribution in [3.8, 4) is 0 Å². The number of amides is 1. The SMILES string of the molecule is CS(=O)(=O)c1ccc2sc(NS(=O)(=O)C/C(O)=C3\C(=O)N4C(=NS3(=O)=O)Sc3c4cccc3S(C)(=O)=O)nc2c1. The summed E-state index contributed by atoms with van der Waals surface area (Å²) in [4.78, 5) is 16.7. The number of aliphatic hydroxyl groups excluding tert-OH is 1. The van der Waals surface area contributed by atoms with E-state index in [0.717, 1.165) is 28.7 Å². The Kier molecular flexibility index (Phi) is 6.58. The van der Waals surface area contributed by atoms with Crippen molar-refractivity contribution < 1.29 is 43.6 Å². The predicted octanol–water partition coefficient (Wildman–Crippen LogP) is 1.45. The topological polar surface area (TPSA) is 214 Å². The molecule has 40 heavy (non-hydrogen) atoms. The number of hydrogen-bond acceptors (Lipinski definition) is 13. The highest BCUT2D eigenvalue weighted by molar-refractivity contribution is 8.16. The molecule has 1 aromatic heterocycles. The fourth-order valence-electron chi connectivity index (χ4n) is 3.80. The molecule has 0 atom stereocenters. The van der Waals surface area contributed by atoms with Crippen LogP contribution in [-0.2, 0) is 44.5 Å². The monoisotopic (exact) mass is 664 g/mol. The number of aromatic nitrogens is 1. The minimum atomic E-state index is -4.88. The van der Waals surface area contributed by atoms with Crippen LogP contribution in [0.25, 0.3) is 10.2 Å². The Bertz CT molecular complexity index is 2150. The number of amidine groups is 1. The van der Waals surface area contributed by atoms with E-state index >= 15 is 0 Å². The van der Waals surface area contributed by atoms with Crippen LogP contribution >= 0.6 is 23.1 Å². The van der Waals surface area contributed by atoms with Gasteiger partial charge in [0.1, 0.15) is 11.5 Å². The van der Waals surface area contributed by atoms with E-state index in [2.05, 4.69) is 14.1 Å². The van der Waals surface area contributed by atoms with E-state index in [1.807, 2.05) is 0 Å². The van der Waals surface area contributed by atoms with Gasteiger partial charge in [-0.15, -0.1) is 4.40 Å². The molecule has 0 saturated carbocycles. The average molecular weight is 665 g/mol. The number of carbonyl (C=O) groups is 1. The summed E-state index contributed by atoms with van der Waals surface area (Å²) in [5.41, 5.74) is 0.180. The summed E-state index contributed by atoms with van der Waals surface area (Å²) in [5.74, 6) is -3.98. The highest BCUT2D eigenvalue weighted by Crippen LogP contribution is 2.47. The minimum Gasteiger partial charge on any atom is -0.509 e. The second kappa shape index (κ2) is 9.24. The molecule has 0 bridgehead atoms. The van der Waals surface area contributed by atoms with Gasteiger partial charge in [0.15, 0.2) is 34.9 Å². The molecular formula is C20H16N4O10S6. The van der Waals surface area contributed by atoms with Crippen LogP contribution in [-0.4, -0.2) is 73.1 Å². The molecule has 0 unspecified atom stereocenters. The second-order valence-corrected chi connectivity index (χ2v) is 17.8. The summed E-state index contributed by atoms with van der Waals surface area (Å²) in [6.07, 6.45) is 1.93. The van der Waals surface area contributed by atoms with E-state index in [0.29, 0.717) is 16.5 Å². The first-order valence-electron chi connectivity index (χ1n) is 10.6. The van der Waals surface area contributed by atoms with Gasteiger partial charge in [-0.05, 0) is 42.1 Å². The van der Waals surface area contributed by atoms with Gasteiger partial charge in [-0.3, -0.25) is 14.4 Å². The molecule has 20 heteroatoms. The summed E-state index contributed by atoms with van der Waals surface area (Å²) in [6, 6.07) is 7.98. The van der Waals surface area contributed by atoms with E-state index < -0.39 is 62.0 Å². The molecular weight excluding hydrogens is 649 g/mol. The summed E-state index contributed by atoms with van der Waals surface area (Å²) < 4.78 is 105. The van der Waals surface area contributed by atoms with E-state index in [1.54, 1.807) is 0 Å². The number of nitrogens with one attached hydrogen (secondary N) is 1. The third-order valence-corrected chi connectivity index (χ3v) is 12.6. The Morgan fingerprint density at radius 2 is 1.75 bits per heavy atom. The number of thiazole rings is 1. The van der Waals surface area contributed by atoms with Crippen LogP contribution < -0.4 is 9.62 Å². The lowest BCUT2D eigenvalue weighted by atomic mass is 10.3. The van der Waals surface area contributed by atoms with Gasteiger partial charge in [0.2, 0.25) is 10.0 Å². The van der Waals surface area contributed by atoms with E-state index in [9.17, 15) is 43.6 Å². The number of carbonyl (C=O) groups excluding carboxylic acids is 1. The van der Waals surface area contributed by atoms with Crippen molar-refractivity contribution in [3.63, 3.8) is 0 Å². The molecule has 0 radical (unpaired) electrons. The normalized spacial score (nSPS) is 18.3. The van der Waals surface area contributed by atoms with Gasteiger partial charge in [0.25, 0.3) is 15.9 Å². The number of hydrogen-bond donors (Lipinski definition) is 2. The lowest BCUT2D eigenvalue weighted by Gasteiger charge is -2.23. The minimum absolute atomic E-state index is 0.000737. The molecule has 2 aliphatic heterocycles. The van der Waals surface area contributed by atoms with E-state index in [4.69, 9.17) is 0 Å². The Labute approximate surface area is 236 Å². The maximum absolute atomic E-state index is 13.3. The molecule has 0 spiro atoms. The van der Waals surface area contributed by atoms with Crippen molar-refractivity contribution in [1.82, 2.24) is 4.98 Å². The predicted molar refractivity (Wildman–Crippen MR) is 149 cm³/mol. The van der Waals surface area contributed by atoms with Crippen LogP contribution in [0.4, 0.5) is 10.8 Å². The fourth-order valence-corrected chi connectivity index (χ4v) is 10.4. The molecule has 0 fully saturated rings. The number of sulfone groups is 2. The molecule has 14 nitrogen and oxygen atoms in total. The highest BCUT2D eigenvalue weighted by atomic mass is 32.2. The highest BCUT2D eigenvalue weighted by Gasteiger charge is 2.46. The van der Waals surface area contributed by atoms with Crippen molar-refractivity contribution >= 4 is 94.9 Å². The third-order valence-electron chi connectivity index (χ3n) is 5.46. The standard InChI is InChI=1S/C20H16N4O10S6/c1-37(27,28)10-6-7-14-11(8-10)21-19(35-14)22-39(31,32)9-13(25)17-18(26)24-12-4-3-5-15(38(2,29)30)16(12)36-20(24)23-40(17,33)34/h3-8,25H,9H2,1-2H3,(H,21,22)/b17-13-. The van der Waals surface area contributed by atoms with Gasteiger partial charge in [-0.1, -0.05) is 17.4 Å². The van der Waals surface area contributed by atoms with Crippen molar-refractivity contribution in [3.05, 3.63) is 47.1 Å². The summed E-state index contributed by atoms with van der Waals surface area (Å²) in [5, 5.41) is 10.0. The first-order chi connectivity index (χ1) is 18.4. The zero-order valence-corrected chi connectivity index (χ0v) is 25.0. The molecule has 212 valence electrons. The number of benzene rings is 2. The Balaban J connectivity index is 1.48. The number of fused-ring (bicyclic) bond motifs is 4. The quantitative estimate of drug-likeness (QED) is 0.283. The van der Waals surface area contributed by atoms with Crippen LogP contribution in [0.2, 0.25) is 0 Å². The molecule has 2 N–H and O–H groups in total. The van der Waals surface area contributed by atoms with Gasteiger partial charge in [-0.25, -0.2) is 30.2 Å². The molecule has 2 aromatic carbocycles. The Morgan fingerprint density at radius 3 is 2.40 bits per heavy atom. The van der Waals surface area contributed by atoms with Crippen LogP contribution in [0.3, 0.4) is 0 Å². The van der Waals surface area contributed by atoms with E-state index in [1.165, 1.54) is 36.4 Å². The lowest BCUT2D eigenvalue weighted by Crippen LogP contribution is -2.41. The Morgan fingerprint density at radius 1 is 1.05 bits per heavy atom. The second-order valence-electron chi connectivity index (χ2n) is 8.53. The number of aliphatic hydroxyl groups is 1. The van der Waals surface area contributed by atoms with Crippen molar-refractivity contribution in [2.24, 2.45) is 4.40 Å². The summed E-state index contributed by atoms with van der Waals surface area (Å²) >= 11 is 1.48. The van der Waals surface area contributed by atoms with Crippen molar-refractivity contribution in [2.75, 3.05) is 27.9 Å². The van der Waals surface area contributed by atoms with Gasteiger partial charge in [0.05, 0.1) is 30.6 Å². The zero-order chi connectivity index (χ0) is 29.4. The van der Waals surface area contributed by atoms with Crippen LogP contribution in [0, 0.1) is 0 Å². The Hall–Kier alpha value is -3.04. The molecule has 3 aromatic rings. The summed E-state index contributed by atoms with van der Waals surface area (Å²) in [6.45, 7) is 0. The van der Waals surface area contributed by atoms with Crippen LogP contribution in [0.5, 0.6) is 0 Å². The van der Waals surface area contributed by atoms with E-state index in [-0.39, 0.29) is 36.2 Å². The van der Waals surface area contributed by atoms with Crippen molar-refractivity contribution in [1.29, 1.82) is 0 Å². The largest absolute Gasteiger partial charge is 0.509 e. The zero-order valence-electron chi connectivity index (χ0n) is 20.1. The molecule has 0 saturated heterocycles. The van der Waals surface area contributed by atoms with Crippen molar-refractivity contribution in [2.45, 2.75) is 14.7 Å². The number of sulfonamides is 2. The summed E-state index contributed by atoms with van der Waals surface area (Å²) in [7, 11) is -16.7. The van der Waals surface area contributed by atoms with Gasteiger partial charge >= 0.3 is 0 Å². The van der Waals surface area contributed by atoms with Crippen LogP contribution in [0.1, 0.15) is 0 Å². The van der Waals surface area contributed by atoms with Gasteiger partial charge < -0.3 is 5.11 Å². The van der Waals surface area contributed by atoms with Gasteiger partial charge in [-0.2, -0.15) is 8.42 Å². The molecule has 2 aliphatic rings.